The zero-order valence-corrected chi connectivity index (χ0v) is 25.8. The van der Waals surface area contributed by atoms with Crippen molar-refractivity contribution in [1.29, 1.82) is 0 Å². The topological polar surface area (TPSA) is 0 Å². The predicted molar refractivity (Wildman–Crippen MR) is 133 cm³/mol. The summed E-state index contributed by atoms with van der Waals surface area (Å²) in [6, 6.07) is 1.53. The van der Waals surface area contributed by atoms with Gasteiger partial charge in [-0.2, -0.15) is 0 Å². The van der Waals surface area contributed by atoms with Gasteiger partial charge in [-0.05, 0) is 0 Å². The molecule has 0 bridgehead atoms. The van der Waals surface area contributed by atoms with Crippen LogP contribution in [0.2, 0.25) is 64.6 Å². The minimum absolute atomic E-state index is 0.178. The summed E-state index contributed by atoms with van der Waals surface area (Å²) in [6.07, 6.45) is 0. The molecule has 0 N–H and O–H groups in total. The molecular formula is C17H48Si6. The average Bonchev–Trinajstić information content (AvgIpc) is 2.33. The lowest BCUT2D eigenvalue weighted by Gasteiger charge is -2.31. The molecule has 0 aromatic rings. The molecule has 0 aliphatic carbocycles. The maximum absolute atomic E-state index is 2.73. The van der Waals surface area contributed by atoms with E-state index in [4.69, 9.17) is 0 Å². The third-order valence-electron chi connectivity index (χ3n) is 5.59. The number of rotatable bonds is 12. The second-order valence-corrected chi connectivity index (χ2v) is 37.8. The van der Waals surface area contributed by atoms with Crippen molar-refractivity contribution in [2.24, 2.45) is 0 Å². The average molecular weight is 421 g/mol. The van der Waals surface area contributed by atoms with E-state index in [0.29, 0.717) is 0 Å². The Balaban J connectivity index is 4.27. The highest BCUT2D eigenvalue weighted by molar-refractivity contribution is 6.96. The van der Waals surface area contributed by atoms with Crippen molar-refractivity contribution < 1.29 is 0 Å². The van der Waals surface area contributed by atoms with Crippen LogP contribution < -0.4 is 0 Å². The SMILES string of the molecule is CC[SiH](C)C[Si](C)(C)C[SiH](C)C[SiH2]C(C)(C)[SiH2]C(C)[SiH2]C(C)C. The van der Waals surface area contributed by atoms with E-state index in [1.165, 1.54) is 11.2 Å². The van der Waals surface area contributed by atoms with Gasteiger partial charge in [0.25, 0.3) is 0 Å². The lowest BCUT2D eigenvalue weighted by atomic mass is 10.5. The highest BCUT2D eigenvalue weighted by atomic mass is 28.4. The fourth-order valence-corrected chi connectivity index (χ4v) is 44.8. The van der Waals surface area contributed by atoms with Gasteiger partial charge in [0.1, 0.15) is 0 Å². The van der Waals surface area contributed by atoms with E-state index in [-0.39, 0.29) is 37.4 Å². The molecule has 0 aliphatic rings. The molecule has 0 heterocycles. The van der Waals surface area contributed by atoms with Crippen molar-refractivity contribution in [3.8, 4) is 0 Å². The monoisotopic (exact) mass is 420 g/mol. The first-order valence-electron chi connectivity index (χ1n) is 10.4. The zero-order chi connectivity index (χ0) is 18.3. The van der Waals surface area contributed by atoms with Gasteiger partial charge in [-0.15, -0.1) is 0 Å². The van der Waals surface area contributed by atoms with Crippen molar-refractivity contribution >= 4 is 54.2 Å². The second kappa shape index (κ2) is 11.1. The Morgan fingerprint density at radius 2 is 1.52 bits per heavy atom. The molecule has 0 nitrogen and oxygen atoms in total. The summed E-state index contributed by atoms with van der Waals surface area (Å²) in [4.78, 5) is 0. The van der Waals surface area contributed by atoms with Gasteiger partial charge < -0.3 is 0 Å². The summed E-state index contributed by atoms with van der Waals surface area (Å²) < 4.78 is 0.875. The van der Waals surface area contributed by atoms with E-state index >= 15 is 0 Å². The molecular weight excluding hydrogens is 373 g/mol. The van der Waals surface area contributed by atoms with E-state index in [1.807, 2.05) is 0 Å². The summed E-state index contributed by atoms with van der Waals surface area (Å²) in [5, 5.41) is 1.21. The van der Waals surface area contributed by atoms with Crippen LogP contribution in [0.25, 0.3) is 0 Å². The Bertz CT molecular complexity index is 316. The van der Waals surface area contributed by atoms with E-state index in [0.717, 1.165) is 10.2 Å². The lowest BCUT2D eigenvalue weighted by Crippen LogP contribution is -2.37. The third kappa shape index (κ3) is 13.2. The quantitative estimate of drug-likeness (QED) is 0.422. The molecule has 0 spiro atoms. The van der Waals surface area contributed by atoms with Gasteiger partial charge in [0.15, 0.2) is 0 Å². The van der Waals surface area contributed by atoms with Crippen molar-refractivity contribution in [1.82, 2.24) is 0 Å². The first-order chi connectivity index (χ1) is 10.4. The molecule has 3 atom stereocenters. The Labute approximate surface area is 160 Å². The van der Waals surface area contributed by atoms with Gasteiger partial charge >= 0.3 is 0 Å². The Morgan fingerprint density at radius 1 is 1.00 bits per heavy atom. The zero-order valence-electron chi connectivity index (χ0n) is 18.3. The molecule has 0 aromatic heterocycles. The maximum Gasteiger partial charge on any atom is 0.0416 e. The molecule has 0 fully saturated rings. The first kappa shape index (κ1) is 24.3. The van der Waals surface area contributed by atoms with Gasteiger partial charge in [0.2, 0.25) is 0 Å². The highest BCUT2D eigenvalue weighted by Gasteiger charge is 2.28. The molecule has 0 amide bonds. The second-order valence-electron chi connectivity index (χ2n) is 10.8. The van der Waals surface area contributed by atoms with E-state index < -0.39 is 16.9 Å². The van der Waals surface area contributed by atoms with Crippen molar-refractivity contribution in [3.05, 3.63) is 0 Å². The first-order valence-corrected chi connectivity index (χ1v) is 24.2. The molecule has 0 saturated carbocycles. The van der Waals surface area contributed by atoms with Crippen LogP contribution in [0.4, 0.5) is 0 Å². The summed E-state index contributed by atoms with van der Waals surface area (Å²) in [6.45, 7) is 26.1. The Kier molecular flexibility index (Phi) is 11.7. The van der Waals surface area contributed by atoms with Crippen molar-refractivity contribution in [2.75, 3.05) is 0 Å². The van der Waals surface area contributed by atoms with E-state index in [2.05, 4.69) is 67.7 Å². The molecule has 23 heavy (non-hydrogen) atoms. The third-order valence-corrected chi connectivity index (χ3v) is 35.2. The minimum Gasteiger partial charge on any atom is -0.0724 e. The fraction of sp³-hybridized carbons (Fsp3) is 1.00. The van der Waals surface area contributed by atoms with Gasteiger partial charge in [-0.3, -0.25) is 0 Å². The molecule has 0 rings (SSSR count). The van der Waals surface area contributed by atoms with E-state index in [1.54, 1.807) is 17.0 Å². The smallest absolute Gasteiger partial charge is 0.0416 e. The molecule has 140 valence electrons. The number of hydrogen-bond acceptors (Lipinski definition) is 0. The standard InChI is InChI=1S/C17H48Si6/c1-11-21(7)13-23(9,10)14-22(8)12-18-17(5,6)20-16(4)19-15(2)3/h15-16,21-22H,11-14,18-20H2,1-10H3. The fourth-order valence-electron chi connectivity index (χ4n) is 4.79. The highest BCUT2D eigenvalue weighted by Crippen LogP contribution is 2.29. The van der Waals surface area contributed by atoms with Crippen LogP contribution >= 0.6 is 0 Å². The maximum atomic E-state index is 2.73. The Hall–Kier alpha value is 1.30. The molecule has 0 aromatic carbocycles. The predicted octanol–water partition coefficient (Wildman–Crippen LogP) is 3.72. The summed E-state index contributed by atoms with van der Waals surface area (Å²) in [5.41, 5.74) is 6.29. The van der Waals surface area contributed by atoms with Crippen LogP contribution in [0, 0.1) is 0 Å². The molecule has 0 aliphatic heterocycles. The van der Waals surface area contributed by atoms with Crippen LogP contribution in [0.5, 0.6) is 0 Å². The van der Waals surface area contributed by atoms with Crippen LogP contribution in [-0.2, 0) is 0 Å². The Morgan fingerprint density at radius 3 is 2.00 bits per heavy atom. The lowest BCUT2D eigenvalue weighted by molar-refractivity contribution is 0.916. The molecule has 0 radical (unpaired) electrons. The largest absolute Gasteiger partial charge is 0.0724 e. The number of hydrogen-bond donors (Lipinski definition) is 0. The summed E-state index contributed by atoms with van der Waals surface area (Å²) in [5.74, 6) is 0. The van der Waals surface area contributed by atoms with Crippen LogP contribution in [-0.4, -0.2) is 54.2 Å². The molecule has 0 saturated heterocycles. The van der Waals surface area contributed by atoms with Crippen LogP contribution in [0.15, 0.2) is 0 Å². The van der Waals surface area contributed by atoms with Gasteiger partial charge in [0.05, 0.1) is 0 Å². The van der Waals surface area contributed by atoms with Crippen molar-refractivity contribution in [3.63, 3.8) is 0 Å². The summed E-state index contributed by atoms with van der Waals surface area (Å²) in [7, 11) is -0.985. The van der Waals surface area contributed by atoms with Gasteiger partial charge in [-0.25, -0.2) is 0 Å². The van der Waals surface area contributed by atoms with Crippen molar-refractivity contribution in [2.45, 2.75) is 106 Å². The molecule has 3 unspecified atom stereocenters. The van der Waals surface area contributed by atoms with E-state index in [9.17, 15) is 0 Å². The van der Waals surface area contributed by atoms with Crippen LogP contribution in [0.1, 0.15) is 41.5 Å². The molecule has 6 heteroatoms. The van der Waals surface area contributed by atoms with Gasteiger partial charge in [-0.1, -0.05) is 106 Å². The summed E-state index contributed by atoms with van der Waals surface area (Å²) >= 11 is 0. The van der Waals surface area contributed by atoms with Crippen LogP contribution in [0.3, 0.4) is 0 Å². The van der Waals surface area contributed by atoms with Gasteiger partial charge in [0, 0.05) is 54.2 Å². The normalized spacial score (nSPS) is 18.9. The minimum atomic E-state index is -0.837.